The molecule has 0 heteroatoms. The molecule has 2 radical (unpaired) electrons. The van der Waals surface area contributed by atoms with Crippen molar-refractivity contribution >= 4 is 0 Å². The molecule has 1 aliphatic carbocycles. The van der Waals surface area contributed by atoms with Crippen LogP contribution < -0.4 is 0 Å². The molecule has 0 nitrogen and oxygen atoms in total. The smallest absolute Gasteiger partial charge is 0.0272 e. The third-order valence-corrected chi connectivity index (χ3v) is 2.81. The van der Waals surface area contributed by atoms with Crippen LogP contribution in [0.3, 0.4) is 0 Å². The summed E-state index contributed by atoms with van der Waals surface area (Å²) in [6.07, 6.45) is 13.7. The molecule has 0 bridgehead atoms. The maximum atomic E-state index is 3.78. The molecule has 0 saturated heterocycles. The second-order valence-corrected chi connectivity index (χ2v) is 4.43. The summed E-state index contributed by atoms with van der Waals surface area (Å²) in [5, 5.41) is 0. The first kappa shape index (κ1) is 14.0. The molecule has 0 aliphatic heterocycles. The topological polar surface area (TPSA) is 0 Å². The van der Waals surface area contributed by atoms with Crippen molar-refractivity contribution in [2.45, 2.75) is 78.1 Å². The zero-order valence-electron chi connectivity index (χ0n) is 10.3. The minimum absolute atomic E-state index is 1.11. The zero-order chi connectivity index (χ0) is 10.6. The Kier molecular flexibility index (Phi) is 11.1. The highest BCUT2D eigenvalue weighted by atomic mass is 14.1. The van der Waals surface area contributed by atoms with Gasteiger partial charge in [0, 0.05) is 0 Å². The number of rotatable bonds is 5. The fourth-order valence-corrected chi connectivity index (χ4v) is 1.76. The first-order valence-electron chi connectivity index (χ1n) is 6.41. The van der Waals surface area contributed by atoms with Crippen LogP contribution in [0.2, 0.25) is 0 Å². The van der Waals surface area contributed by atoms with E-state index in [4.69, 9.17) is 0 Å². The SMILES string of the molecule is C[C]1CCCC1.[CH2]CCCCCCC. The molecule has 1 aliphatic rings. The van der Waals surface area contributed by atoms with Crippen LogP contribution in [-0.4, -0.2) is 0 Å². The Morgan fingerprint density at radius 2 is 1.57 bits per heavy atom. The van der Waals surface area contributed by atoms with Gasteiger partial charge in [0.15, 0.2) is 0 Å². The Bertz CT molecular complexity index is 84.2. The largest absolute Gasteiger partial charge is 0.0654 e. The van der Waals surface area contributed by atoms with Crippen molar-refractivity contribution in [3.05, 3.63) is 12.8 Å². The van der Waals surface area contributed by atoms with Gasteiger partial charge in [-0.3, -0.25) is 0 Å². The van der Waals surface area contributed by atoms with Gasteiger partial charge in [-0.1, -0.05) is 72.1 Å². The lowest BCUT2D eigenvalue weighted by atomic mass is 10.1. The molecule has 1 rings (SSSR count). The summed E-state index contributed by atoms with van der Waals surface area (Å²) >= 11 is 0. The van der Waals surface area contributed by atoms with Gasteiger partial charge in [0.1, 0.15) is 0 Å². The summed E-state index contributed by atoms with van der Waals surface area (Å²) in [7, 11) is 0. The van der Waals surface area contributed by atoms with Gasteiger partial charge in [0.05, 0.1) is 0 Å². The maximum absolute atomic E-state index is 3.78. The van der Waals surface area contributed by atoms with E-state index < -0.39 is 0 Å². The van der Waals surface area contributed by atoms with Crippen LogP contribution in [0.15, 0.2) is 0 Å². The van der Waals surface area contributed by atoms with Crippen molar-refractivity contribution in [2.75, 3.05) is 0 Å². The lowest BCUT2D eigenvalue weighted by molar-refractivity contribution is 0.637. The van der Waals surface area contributed by atoms with Crippen LogP contribution in [0.4, 0.5) is 0 Å². The molecule has 0 heterocycles. The highest BCUT2D eigenvalue weighted by Crippen LogP contribution is 2.25. The molecular weight excluding hydrogens is 168 g/mol. The summed E-state index contributed by atoms with van der Waals surface area (Å²) in [6.45, 7) is 8.28. The Balaban J connectivity index is 0.000000249. The van der Waals surface area contributed by atoms with E-state index in [9.17, 15) is 0 Å². The Hall–Kier alpha value is 0. The van der Waals surface area contributed by atoms with E-state index in [1.807, 2.05) is 0 Å². The molecule has 0 atom stereocenters. The monoisotopic (exact) mass is 196 g/mol. The van der Waals surface area contributed by atoms with E-state index in [0.29, 0.717) is 0 Å². The maximum Gasteiger partial charge on any atom is -0.0272 e. The van der Waals surface area contributed by atoms with Gasteiger partial charge in [-0.05, 0) is 18.8 Å². The Morgan fingerprint density at radius 3 is 1.93 bits per heavy atom. The van der Waals surface area contributed by atoms with Crippen LogP contribution >= 0.6 is 0 Å². The van der Waals surface area contributed by atoms with Gasteiger partial charge < -0.3 is 0 Å². The number of hydrogen-bond donors (Lipinski definition) is 0. The van der Waals surface area contributed by atoms with Crippen molar-refractivity contribution in [2.24, 2.45) is 0 Å². The molecule has 0 N–H and O–H groups in total. The average Bonchev–Trinajstić information content (AvgIpc) is 2.65. The molecule has 1 saturated carbocycles. The summed E-state index contributed by atoms with van der Waals surface area (Å²) in [5.41, 5.74) is 0. The minimum Gasteiger partial charge on any atom is -0.0654 e. The van der Waals surface area contributed by atoms with Crippen molar-refractivity contribution in [3.8, 4) is 0 Å². The fourth-order valence-electron chi connectivity index (χ4n) is 1.76. The summed E-state index contributed by atoms with van der Waals surface area (Å²) < 4.78 is 0. The van der Waals surface area contributed by atoms with E-state index in [0.717, 1.165) is 6.42 Å². The third kappa shape index (κ3) is 10.1. The van der Waals surface area contributed by atoms with Crippen molar-refractivity contribution in [1.29, 1.82) is 0 Å². The summed E-state index contributed by atoms with van der Waals surface area (Å²) in [5.74, 6) is 1.70. The van der Waals surface area contributed by atoms with Crippen molar-refractivity contribution < 1.29 is 0 Å². The van der Waals surface area contributed by atoms with Gasteiger partial charge in [0.2, 0.25) is 0 Å². The fraction of sp³-hybridized carbons (Fsp3) is 0.857. The van der Waals surface area contributed by atoms with Gasteiger partial charge in [-0.25, -0.2) is 0 Å². The quantitative estimate of drug-likeness (QED) is 0.521. The lowest BCUT2D eigenvalue weighted by Gasteiger charge is -1.93. The molecule has 0 aromatic carbocycles. The predicted molar refractivity (Wildman–Crippen MR) is 66.1 cm³/mol. The van der Waals surface area contributed by atoms with Crippen LogP contribution in [0.25, 0.3) is 0 Å². The second-order valence-electron chi connectivity index (χ2n) is 4.43. The zero-order valence-corrected chi connectivity index (χ0v) is 10.3. The second kappa shape index (κ2) is 11.1. The van der Waals surface area contributed by atoms with Gasteiger partial charge >= 0.3 is 0 Å². The third-order valence-electron chi connectivity index (χ3n) is 2.81. The minimum atomic E-state index is 1.11. The predicted octanol–water partition coefficient (Wildman–Crippen LogP) is 5.34. The molecule has 0 aromatic heterocycles. The van der Waals surface area contributed by atoms with E-state index in [1.165, 1.54) is 57.8 Å². The van der Waals surface area contributed by atoms with Gasteiger partial charge in [-0.15, -0.1) is 0 Å². The first-order valence-corrected chi connectivity index (χ1v) is 6.41. The van der Waals surface area contributed by atoms with Crippen molar-refractivity contribution in [3.63, 3.8) is 0 Å². The first-order chi connectivity index (χ1) is 6.81. The van der Waals surface area contributed by atoms with E-state index in [1.54, 1.807) is 5.92 Å². The molecule has 84 valence electrons. The normalized spacial score (nSPS) is 16.5. The molecule has 0 unspecified atom stereocenters. The van der Waals surface area contributed by atoms with Crippen LogP contribution in [0.1, 0.15) is 78.1 Å². The van der Waals surface area contributed by atoms with Crippen LogP contribution in [0.5, 0.6) is 0 Å². The molecule has 14 heavy (non-hydrogen) atoms. The Morgan fingerprint density at radius 1 is 1.00 bits per heavy atom. The van der Waals surface area contributed by atoms with E-state index >= 15 is 0 Å². The number of hydrogen-bond acceptors (Lipinski definition) is 0. The highest BCUT2D eigenvalue weighted by molar-refractivity contribution is 4.88. The standard InChI is InChI=1S/C8H17.C6H11/c1-3-5-7-8-6-4-2;1-6-4-2-3-5-6/h1,3-8H2,2H3;2-5H2,1H3. The Labute approximate surface area is 91.5 Å². The molecule has 0 aromatic rings. The summed E-state index contributed by atoms with van der Waals surface area (Å²) in [6, 6.07) is 0. The molecular formula is C14H28. The average molecular weight is 196 g/mol. The van der Waals surface area contributed by atoms with Crippen molar-refractivity contribution in [1.82, 2.24) is 0 Å². The lowest BCUT2D eigenvalue weighted by Crippen LogP contribution is -1.74. The van der Waals surface area contributed by atoms with E-state index in [2.05, 4.69) is 20.8 Å². The van der Waals surface area contributed by atoms with Gasteiger partial charge in [-0.2, -0.15) is 0 Å². The van der Waals surface area contributed by atoms with E-state index in [-0.39, 0.29) is 0 Å². The van der Waals surface area contributed by atoms with Crippen LogP contribution in [0, 0.1) is 12.8 Å². The summed E-state index contributed by atoms with van der Waals surface area (Å²) in [4.78, 5) is 0. The highest BCUT2D eigenvalue weighted by Gasteiger charge is 2.07. The van der Waals surface area contributed by atoms with Gasteiger partial charge in [0.25, 0.3) is 0 Å². The molecule has 0 spiro atoms. The molecule has 0 amide bonds. The molecule has 1 fully saturated rings. The van der Waals surface area contributed by atoms with Crippen LogP contribution in [-0.2, 0) is 0 Å². The number of unbranched alkanes of at least 4 members (excludes halogenated alkanes) is 5.